The van der Waals surface area contributed by atoms with E-state index in [0.29, 0.717) is 0 Å². The van der Waals surface area contributed by atoms with Crippen molar-refractivity contribution in [2.24, 2.45) is 0 Å². The number of H-pyrrole nitrogens is 1. The van der Waals surface area contributed by atoms with E-state index in [1.807, 2.05) is 6.07 Å². The third-order valence-electron chi connectivity index (χ3n) is 3.11. The molecule has 0 radical (unpaired) electrons. The molecular formula is C10H17N3O. The fraction of sp³-hybridized carbons (Fsp3) is 0.700. The lowest BCUT2D eigenvalue weighted by Gasteiger charge is -2.42. The minimum absolute atomic E-state index is 0.194. The first-order valence-corrected chi connectivity index (χ1v) is 5.19. The van der Waals surface area contributed by atoms with E-state index in [0.717, 1.165) is 18.7 Å². The van der Waals surface area contributed by atoms with Crippen LogP contribution in [-0.4, -0.2) is 27.4 Å². The average Bonchev–Trinajstić information content (AvgIpc) is 2.62. The van der Waals surface area contributed by atoms with E-state index in [1.165, 1.54) is 19.3 Å². The summed E-state index contributed by atoms with van der Waals surface area (Å²) < 4.78 is 0. The fourth-order valence-corrected chi connectivity index (χ4v) is 2.00. The highest BCUT2D eigenvalue weighted by molar-refractivity contribution is 5.01. The average molecular weight is 195 g/mol. The number of aromatic nitrogens is 2. The van der Waals surface area contributed by atoms with Gasteiger partial charge in [-0.25, -0.2) is 0 Å². The van der Waals surface area contributed by atoms with Crippen molar-refractivity contribution in [2.75, 3.05) is 6.61 Å². The minimum atomic E-state index is 0.194. The molecule has 1 heterocycles. The molecule has 0 aliphatic heterocycles. The van der Waals surface area contributed by atoms with Crippen LogP contribution in [0.15, 0.2) is 12.3 Å². The van der Waals surface area contributed by atoms with E-state index >= 15 is 0 Å². The monoisotopic (exact) mass is 195 g/mol. The van der Waals surface area contributed by atoms with Crippen molar-refractivity contribution >= 4 is 0 Å². The molecule has 1 aliphatic rings. The first-order valence-electron chi connectivity index (χ1n) is 5.19. The summed E-state index contributed by atoms with van der Waals surface area (Å²) in [5.74, 6) is 0. The van der Waals surface area contributed by atoms with Gasteiger partial charge in [0, 0.05) is 30.6 Å². The van der Waals surface area contributed by atoms with Gasteiger partial charge in [-0.1, -0.05) is 0 Å². The van der Waals surface area contributed by atoms with Crippen LogP contribution in [0, 0.1) is 0 Å². The van der Waals surface area contributed by atoms with Crippen molar-refractivity contribution in [3.8, 4) is 0 Å². The number of nitrogens with one attached hydrogen (secondary N) is 2. The second-order valence-corrected chi connectivity index (χ2v) is 4.04. The first kappa shape index (κ1) is 9.68. The molecule has 0 bridgehead atoms. The van der Waals surface area contributed by atoms with Gasteiger partial charge in [-0.3, -0.25) is 5.10 Å². The van der Waals surface area contributed by atoms with Gasteiger partial charge in [0.15, 0.2) is 0 Å². The number of rotatable bonds is 5. The number of aliphatic hydroxyl groups excluding tert-OH is 1. The van der Waals surface area contributed by atoms with E-state index in [-0.39, 0.29) is 12.1 Å². The van der Waals surface area contributed by atoms with E-state index in [4.69, 9.17) is 5.11 Å². The maximum absolute atomic E-state index is 8.96. The van der Waals surface area contributed by atoms with Crippen LogP contribution in [-0.2, 0) is 6.54 Å². The predicted molar refractivity (Wildman–Crippen MR) is 53.7 cm³/mol. The lowest BCUT2D eigenvalue weighted by Crippen LogP contribution is -2.51. The molecule has 4 heteroatoms. The molecule has 1 aromatic heterocycles. The number of hydrogen-bond acceptors (Lipinski definition) is 3. The van der Waals surface area contributed by atoms with Gasteiger partial charge in [-0.05, 0) is 31.7 Å². The normalized spacial score (nSPS) is 19.2. The maximum Gasteiger partial charge on any atom is 0.0490 e. The summed E-state index contributed by atoms with van der Waals surface area (Å²) in [5, 5.41) is 19.3. The molecule has 0 aromatic carbocycles. The van der Waals surface area contributed by atoms with Gasteiger partial charge in [-0.15, -0.1) is 0 Å². The van der Waals surface area contributed by atoms with Crippen molar-refractivity contribution in [3.63, 3.8) is 0 Å². The molecule has 78 valence electrons. The molecule has 3 N–H and O–H groups in total. The van der Waals surface area contributed by atoms with Crippen molar-refractivity contribution < 1.29 is 5.11 Å². The van der Waals surface area contributed by atoms with Crippen LogP contribution in [0.4, 0.5) is 0 Å². The Morgan fingerprint density at radius 2 is 2.43 bits per heavy atom. The number of nitrogens with zero attached hydrogens (tertiary/aromatic N) is 1. The quantitative estimate of drug-likeness (QED) is 0.651. The summed E-state index contributed by atoms with van der Waals surface area (Å²) in [4.78, 5) is 0. The Balaban J connectivity index is 1.83. The molecule has 0 unspecified atom stereocenters. The Labute approximate surface area is 83.7 Å². The zero-order valence-electron chi connectivity index (χ0n) is 8.29. The number of aromatic amines is 1. The van der Waals surface area contributed by atoms with E-state index in [1.54, 1.807) is 6.20 Å². The highest BCUT2D eigenvalue weighted by Crippen LogP contribution is 2.34. The fourth-order valence-electron chi connectivity index (χ4n) is 2.00. The number of hydrogen-bond donors (Lipinski definition) is 3. The molecule has 1 fully saturated rings. The molecule has 0 atom stereocenters. The van der Waals surface area contributed by atoms with Gasteiger partial charge < -0.3 is 10.4 Å². The van der Waals surface area contributed by atoms with Crippen LogP contribution in [0.25, 0.3) is 0 Å². The lowest BCUT2D eigenvalue weighted by molar-refractivity contribution is 0.129. The van der Waals surface area contributed by atoms with Crippen LogP contribution in [0.2, 0.25) is 0 Å². The predicted octanol–water partition coefficient (Wildman–Crippen LogP) is 0.804. The smallest absolute Gasteiger partial charge is 0.0490 e. The summed E-state index contributed by atoms with van der Waals surface area (Å²) in [6.07, 6.45) is 6.26. The standard InChI is InChI=1S/C10H17N3O/c14-7-5-10(3-1-4-10)11-8-9-2-6-12-13-9/h2,6,11,14H,1,3-5,7-8H2,(H,12,13). The number of aliphatic hydroxyl groups is 1. The molecular weight excluding hydrogens is 178 g/mol. The summed E-state index contributed by atoms with van der Waals surface area (Å²) >= 11 is 0. The molecule has 0 amide bonds. The highest BCUT2D eigenvalue weighted by Gasteiger charge is 2.35. The minimum Gasteiger partial charge on any atom is -0.396 e. The Morgan fingerprint density at radius 3 is 2.93 bits per heavy atom. The van der Waals surface area contributed by atoms with Gasteiger partial charge in [-0.2, -0.15) is 5.10 Å². The molecule has 1 aromatic rings. The van der Waals surface area contributed by atoms with Gasteiger partial charge >= 0.3 is 0 Å². The largest absolute Gasteiger partial charge is 0.396 e. The Hall–Kier alpha value is -0.870. The summed E-state index contributed by atoms with van der Waals surface area (Å²) in [6, 6.07) is 1.97. The van der Waals surface area contributed by atoms with Crippen LogP contribution < -0.4 is 5.32 Å². The van der Waals surface area contributed by atoms with Gasteiger partial charge in [0.1, 0.15) is 0 Å². The van der Waals surface area contributed by atoms with Gasteiger partial charge in [0.05, 0.1) is 0 Å². The molecule has 0 saturated heterocycles. The van der Waals surface area contributed by atoms with E-state index in [2.05, 4.69) is 15.5 Å². The second kappa shape index (κ2) is 4.11. The van der Waals surface area contributed by atoms with Crippen molar-refractivity contribution in [3.05, 3.63) is 18.0 Å². The van der Waals surface area contributed by atoms with Crippen LogP contribution in [0.1, 0.15) is 31.4 Å². The van der Waals surface area contributed by atoms with Crippen molar-refractivity contribution in [2.45, 2.75) is 37.8 Å². The summed E-state index contributed by atoms with van der Waals surface area (Å²) in [7, 11) is 0. The van der Waals surface area contributed by atoms with Gasteiger partial charge in [0.25, 0.3) is 0 Å². The highest BCUT2D eigenvalue weighted by atomic mass is 16.3. The first-order chi connectivity index (χ1) is 6.85. The summed E-state index contributed by atoms with van der Waals surface area (Å²) in [5.41, 5.74) is 1.30. The second-order valence-electron chi connectivity index (χ2n) is 4.04. The van der Waals surface area contributed by atoms with Crippen LogP contribution in [0.5, 0.6) is 0 Å². The molecule has 0 spiro atoms. The van der Waals surface area contributed by atoms with Crippen LogP contribution in [0.3, 0.4) is 0 Å². The third-order valence-corrected chi connectivity index (χ3v) is 3.11. The SMILES string of the molecule is OCCC1(NCc2ccn[nH]2)CCC1. The molecule has 14 heavy (non-hydrogen) atoms. The molecule has 1 aliphatic carbocycles. The maximum atomic E-state index is 8.96. The van der Waals surface area contributed by atoms with Crippen molar-refractivity contribution in [1.82, 2.24) is 15.5 Å². The summed E-state index contributed by atoms with van der Waals surface area (Å²) in [6.45, 7) is 1.09. The van der Waals surface area contributed by atoms with E-state index < -0.39 is 0 Å². The van der Waals surface area contributed by atoms with Crippen LogP contribution >= 0.6 is 0 Å². The molecule has 1 saturated carbocycles. The Morgan fingerprint density at radius 1 is 1.57 bits per heavy atom. The third kappa shape index (κ3) is 1.96. The Bertz CT molecular complexity index is 267. The zero-order chi connectivity index (χ0) is 9.86. The van der Waals surface area contributed by atoms with E-state index in [9.17, 15) is 0 Å². The lowest BCUT2D eigenvalue weighted by atomic mass is 9.74. The van der Waals surface area contributed by atoms with Gasteiger partial charge in [0.2, 0.25) is 0 Å². The molecule has 4 nitrogen and oxygen atoms in total. The topological polar surface area (TPSA) is 60.9 Å². The van der Waals surface area contributed by atoms with Crippen molar-refractivity contribution in [1.29, 1.82) is 0 Å². The molecule has 2 rings (SSSR count). The zero-order valence-corrected chi connectivity index (χ0v) is 8.29. The Kier molecular flexibility index (Phi) is 2.84.